The van der Waals surface area contributed by atoms with Crippen molar-refractivity contribution in [3.63, 3.8) is 0 Å². The van der Waals surface area contributed by atoms with Crippen LogP contribution in [0.3, 0.4) is 0 Å². The van der Waals surface area contributed by atoms with Gasteiger partial charge < -0.3 is 15.3 Å². The Balaban J connectivity index is 1.82. The van der Waals surface area contributed by atoms with Crippen molar-refractivity contribution >= 4 is 11.5 Å². The summed E-state index contributed by atoms with van der Waals surface area (Å²) in [4.78, 5) is 3.64. The molecule has 3 rings (SSSR count). The lowest BCUT2D eigenvalue weighted by atomic mass is 10.1. The van der Waals surface area contributed by atoms with Gasteiger partial charge in [-0.3, -0.25) is 0 Å². The quantitative estimate of drug-likeness (QED) is 0.490. The largest absolute Gasteiger partial charge is 0.507 e. The highest BCUT2D eigenvalue weighted by molar-refractivity contribution is 6.10. The predicted octanol–water partition coefficient (Wildman–Crippen LogP) is 1.96. The molecule has 1 aliphatic rings. The van der Waals surface area contributed by atoms with Crippen LogP contribution in [0, 0.1) is 0 Å². The number of nitrogens with one attached hydrogen (secondary N) is 1. The SMILES string of the molecule is C=C/C(=N\N=C(/C)N1C[C@@H](C)N[C@@H](C)C1)c1ccc(-n2nccn2)cc1O. The zero-order valence-corrected chi connectivity index (χ0v) is 15.9. The Morgan fingerprint density at radius 3 is 2.48 bits per heavy atom. The Bertz CT molecular complexity index is 847. The molecule has 0 amide bonds. The smallest absolute Gasteiger partial charge is 0.127 e. The number of phenols is 1. The molecule has 1 aromatic heterocycles. The van der Waals surface area contributed by atoms with E-state index in [0.717, 1.165) is 18.9 Å². The summed E-state index contributed by atoms with van der Waals surface area (Å²) in [5.41, 5.74) is 1.72. The molecule has 1 fully saturated rings. The van der Waals surface area contributed by atoms with E-state index in [0.29, 0.717) is 29.0 Å². The highest BCUT2D eigenvalue weighted by atomic mass is 16.3. The lowest BCUT2D eigenvalue weighted by Crippen LogP contribution is -2.55. The first-order valence-corrected chi connectivity index (χ1v) is 8.93. The van der Waals surface area contributed by atoms with E-state index in [1.54, 1.807) is 30.6 Å². The molecule has 0 saturated carbocycles. The van der Waals surface area contributed by atoms with Crippen LogP contribution in [0.2, 0.25) is 0 Å². The third-order valence-corrected chi connectivity index (χ3v) is 4.42. The van der Waals surface area contributed by atoms with Crippen molar-refractivity contribution in [3.05, 3.63) is 48.8 Å². The first-order valence-electron chi connectivity index (χ1n) is 8.93. The number of aromatic hydroxyl groups is 1. The van der Waals surface area contributed by atoms with Crippen LogP contribution in [0.1, 0.15) is 26.3 Å². The van der Waals surface area contributed by atoms with E-state index in [2.05, 4.69) is 51.0 Å². The molecule has 1 aromatic carbocycles. The van der Waals surface area contributed by atoms with Crippen molar-refractivity contribution in [2.75, 3.05) is 13.1 Å². The van der Waals surface area contributed by atoms with Gasteiger partial charge in [-0.15, -0.1) is 10.2 Å². The summed E-state index contributed by atoms with van der Waals surface area (Å²) in [6.07, 6.45) is 4.74. The van der Waals surface area contributed by atoms with Gasteiger partial charge in [0, 0.05) is 36.8 Å². The van der Waals surface area contributed by atoms with E-state index in [4.69, 9.17) is 0 Å². The standard InChI is InChI=1S/C19H25N7O/c1-5-18(24-23-15(4)25-11-13(2)22-14(3)12-25)17-7-6-16(10-19(17)27)26-20-8-9-21-26/h5-10,13-14,22,27H,1,11-12H2,2-4H3/b23-15+,24-18+/t13-,14+. The van der Waals surface area contributed by atoms with Crippen LogP contribution in [0.15, 0.2) is 53.5 Å². The van der Waals surface area contributed by atoms with Gasteiger partial charge in [0.05, 0.1) is 23.8 Å². The molecule has 0 bridgehead atoms. The molecule has 2 heterocycles. The number of phenolic OH excluding ortho intramolecular Hbond substituents is 1. The summed E-state index contributed by atoms with van der Waals surface area (Å²) in [5, 5.41) is 30.7. The number of aromatic nitrogens is 3. The van der Waals surface area contributed by atoms with Crippen LogP contribution in [0.25, 0.3) is 5.69 Å². The number of allylic oxidation sites excluding steroid dienone is 1. The number of hydrogen-bond acceptors (Lipinski definition) is 6. The summed E-state index contributed by atoms with van der Waals surface area (Å²) >= 11 is 0. The lowest BCUT2D eigenvalue weighted by Gasteiger charge is -2.36. The summed E-state index contributed by atoms with van der Waals surface area (Å²) in [6, 6.07) is 5.95. The number of hydrogen-bond donors (Lipinski definition) is 2. The maximum absolute atomic E-state index is 10.4. The molecule has 142 valence electrons. The molecule has 2 atom stereocenters. The molecule has 0 spiro atoms. The molecule has 8 heteroatoms. The zero-order chi connectivity index (χ0) is 19.4. The summed E-state index contributed by atoms with van der Waals surface area (Å²) in [5.74, 6) is 0.909. The maximum atomic E-state index is 10.4. The van der Waals surface area contributed by atoms with Gasteiger partial charge in [-0.25, -0.2) is 0 Å². The van der Waals surface area contributed by atoms with E-state index >= 15 is 0 Å². The first kappa shape index (κ1) is 18.8. The van der Waals surface area contributed by atoms with Gasteiger partial charge in [0.2, 0.25) is 0 Å². The second-order valence-corrected chi connectivity index (χ2v) is 6.73. The zero-order valence-electron chi connectivity index (χ0n) is 15.9. The lowest BCUT2D eigenvalue weighted by molar-refractivity contribution is 0.253. The van der Waals surface area contributed by atoms with Gasteiger partial charge in [0.15, 0.2) is 0 Å². The predicted molar refractivity (Wildman–Crippen MR) is 106 cm³/mol. The monoisotopic (exact) mass is 367 g/mol. The molecule has 2 aromatic rings. The van der Waals surface area contributed by atoms with Gasteiger partial charge in [-0.05, 0) is 39.0 Å². The van der Waals surface area contributed by atoms with Crippen LogP contribution in [-0.2, 0) is 0 Å². The average molecular weight is 367 g/mol. The van der Waals surface area contributed by atoms with Crippen LogP contribution in [0.5, 0.6) is 5.75 Å². The van der Waals surface area contributed by atoms with Crippen molar-refractivity contribution in [3.8, 4) is 11.4 Å². The van der Waals surface area contributed by atoms with E-state index in [9.17, 15) is 5.11 Å². The molecule has 8 nitrogen and oxygen atoms in total. The summed E-state index contributed by atoms with van der Waals surface area (Å²) in [7, 11) is 0. The van der Waals surface area contributed by atoms with Crippen molar-refractivity contribution in [2.24, 2.45) is 10.2 Å². The number of benzene rings is 1. The molecule has 0 aliphatic carbocycles. The fourth-order valence-electron chi connectivity index (χ4n) is 3.20. The van der Waals surface area contributed by atoms with E-state index in [1.165, 1.54) is 4.80 Å². The summed E-state index contributed by atoms with van der Waals surface area (Å²) < 4.78 is 0. The molecule has 1 aliphatic heterocycles. The first-order chi connectivity index (χ1) is 13.0. The highest BCUT2D eigenvalue weighted by Crippen LogP contribution is 2.22. The van der Waals surface area contributed by atoms with Gasteiger partial charge in [-0.2, -0.15) is 15.0 Å². The van der Waals surface area contributed by atoms with Crippen molar-refractivity contribution < 1.29 is 5.11 Å². The topological polar surface area (TPSA) is 90.9 Å². The fourth-order valence-corrected chi connectivity index (χ4v) is 3.20. The number of piperazine rings is 1. The maximum Gasteiger partial charge on any atom is 0.127 e. The van der Waals surface area contributed by atoms with Crippen LogP contribution in [0.4, 0.5) is 0 Å². The minimum absolute atomic E-state index is 0.0701. The average Bonchev–Trinajstić information content (AvgIpc) is 3.17. The fraction of sp³-hybridized carbons (Fsp3) is 0.368. The number of rotatable bonds is 4. The molecular weight excluding hydrogens is 342 g/mol. The Morgan fingerprint density at radius 1 is 1.22 bits per heavy atom. The minimum atomic E-state index is 0.0701. The van der Waals surface area contributed by atoms with Crippen LogP contribution >= 0.6 is 0 Å². The van der Waals surface area contributed by atoms with Gasteiger partial charge in [-0.1, -0.05) is 6.58 Å². The van der Waals surface area contributed by atoms with Crippen LogP contribution in [-0.4, -0.2) is 61.7 Å². The van der Waals surface area contributed by atoms with Gasteiger partial charge >= 0.3 is 0 Å². The van der Waals surface area contributed by atoms with E-state index < -0.39 is 0 Å². The third-order valence-electron chi connectivity index (χ3n) is 4.42. The highest BCUT2D eigenvalue weighted by Gasteiger charge is 2.21. The molecule has 0 unspecified atom stereocenters. The Kier molecular flexibility index (Phi) is 5.66. The normalized spacial score (nSPS) is 21.4. The second-order valence-electron chi connectivity index (χ2n) is 6.73. The molecule has 0 radical (unpaired) electrons. The minimum Gasteiger partial charge on any atom is -0.507 e. The molecule has 1 saturated heterocycles. The van der Waals surface area contributed by atoms with E-state index in [-0.39, 0.29) is 5.75 Å². The molecular formula is C19H25N7O. The second kappa shape index (κ2) is 8.13. The van der Waals surface area contributed by atoms with Crippen molar-refractivity contribution in [1.29, 1.82) is 0 Å². The Morgan fingerprint density at radius 2 is 1.89 bits per heavy atom. The third kappa shape index (κ3) is 4.40. The summed E-state index contributed by atoms with van der Waals surface area (Å²) in [6.45, 7) is 11.8. The van der Waals surface area contributed by atoms with E-state index in [1.807, 2.05) is 13.0 Å². The number of nitrogens with zero attached hydrogens (tertiary/aromatic N) is 6. The van der Waals surface area contributed by atoms with Gasteiger partial charge in [0.25, 0.3) is 0 Å². The Hall–Kier alpha value is -3.00. The molecule has 2 N–H and O–H groups in total. The van der Waals surface area contributed by atoms with Gasteiger partial charge in [0.1, 0.15) is 11.6 Å². The molecule has 27 heavy (non-hydrogen) atoms. The Labute approximate surface area is 158 Å². The number of amidine groups is 1. The van der Waals surface area contributed by atoms with Crippen LogP contribution < -0.4 is 5.32 Å². The van der Waals surface area contributed by atoms with Crippen molar-refractivity contribution in [2.45, 2.75) is 32.9 Å². The van der Waals surface area contributed by atoms with Crippen molar-refractivity contribution in [1.82, 2.24) is 25.2 Å².